The lowest BCUT2D eigenvalue weighted by Crippen LogP contribution is -2.32. The second-order valence-corrected chi connectivity index (χ2v) is 5.57. The van der Waals surface area contributed by atoms with Gasteiger partial charge in [-0.2, -0.15) is 9.57 Å². The van der Waals surface area contributed by atoms with Gasteiger partial charge in [-0.05, 0) is 12.5 Å². The smallest absolute Gasteiger partial charge is 0.212 e. The number of nitrogens with zero attached hydrogens (tertiary/aromatic N) is 2. The molecule has 1 aromatic carbocycles. The summed E-state index contributed by atoms with van der Waals surface area (Å²) in [7, 11) is -3.31. The Morgan fingerprint density at radius 2 is 1.94 bits per heavy atom. The van der Waals surface area contributed by atoms with E-state index < -0.39 is 10.0 Å². The molecule has 0 N–H and O–H groups in total. The summed E-state index contributed by atoms with van der Waals surface area (Å²) in [5.41, 5.74) is 0.884. The molecule has 1 aromatic rings. The number of sulfonamides is 1. The van der Waals surface area contributed by atoms with E-state index in [4.69, 9.17) is 5.26 Å². The molecule has 5 heteroatoms. The van der Waals surface area contributed by atoms with Crippen LogP contribution in [0.5, 0.6) is 0 Å². The van der Waals surface area contributed by atoms with Gasteiger partial charge in [0.2, 0.25) is 10.0 Å². The lowest BCUT2D eigenvalue weighted by Gasteiger charge is -2.18. The first-order valence-corrected chi connectivity index (χ1v) is 6.59. The van der Waals surface area contributed by atoms with Crippen LogP contribution in [-0.2, 0) is 16.6 Å². The molecule has 0 amide bonds. The van der Waals surface area contributed by atoms with E-state index in [9.17, 15) is 8.42 Å². The maximum absolute atomic E-state index is 11.7. The summed E-state index contributed by atoms with van der Waals surface area (Å²) in [6.07, 6.45) is 0. The van der Waals surface area contributed by atoms with E-state index in [2.05, 4.69) is 0 Å². The van der Waals surface area contributed by atoms with E-state index in [-0.39, 0.29) is 18.8 Å². The zero-order chi connectivity index (χ0) is 12.0. The summed E-state index contributed by atoms with van der Waals surface area (Å²) < 4.78 is 24.5. The van der Waals surface area contributed by atoms with E-state index in [0.29, 0.717) is 0 Å². The highest BCUT2D eigenvalue weighted by molar-refractivity contribution is 7.89. The Labute approximate surface area is 96.2 Å². The number of benzene rings is 1. The minimum Gasteiger partial charge on any atom is -0.212 e. The van der Waals surface area contributed by atoms with Gasteiger partial charge in [0.1, 0.15) is 6.54 Å². The second-order valence-electron chi connectivity index (χ2n) is 3.31. The normalized spacial score (nSPS) is 11.3. The van der Waals surface area contributed by atoms with Crippen molar-refractivity contribution >= 4 is 10.0 Å². The highest BCUT2D eigenvalue weighted by atomic mass is 32.2. The third-order valence-corrected chi connectivity index (χ3v) is 3.98. The molecule has 0 saturated heterocycles. The summed E-state index contributed by atoms with van der Waals surface area (Å²) in [6, 6.07) is 11.1. The quantitative estimate of drug-likeness (QED) is 0.728. The molecule has 0 fully saturated rings. The Bertz CT molecular complexity index is 463. The molecule has 0 aliphatic heterocycles. The van der Waals surface area contributed by atoms with E-state index in [1.807, 2.05) is 36.4 Å². The predicted octanol–water partition coefficient (Wildman–Crippen LogP) is 1.36. The maximum atomic E-state index is 11.7. The molecule has 16 heavy (non-hydrogen) atoms. The summed E-state index contributed by atoms with van der Waals surface area (Å²) >= 11 is 0. The van der Waals surface area contributed by atoms with Crippen molar-refractivity contribution in [1.29, 1.82) is 5.26 Å². The van der Waals surface area contributed by atoms with Crippen LogP contribution in [0.1, 0.15) is 12.5 Å². The topological polar surface area (TPSA) is 61.2 Å². The average Bonchev–Trinajstić information content (AvgIpc) is 2.30. The minimum absolute atomic E-state index is 0.0154. The zero-order valence-corrected chi connectivity index (χ0v) is 9.94. The monoisotopic (exact) mass is 238 g/mol. The first kappa shape index (κ1) is 12.7. The zero-order valence-electron chi connectivity index (χ0n) is 9.13. The summed E-state index contributed by atoms with van der Waals surface area (Å²) in [4.78, 5) is 0. The maximum Gasteiger partial charge on any atom is 0.215 e. The van der Waals surface area contributed by atoms with Gasteiger partial charge >= 0.3 is 0 Å². The van der Waals surface area contributed by atoms with Gasteiger partial charge in [0.25, 0.3) is 0 Å². The van der Waals surface area contributed by atoms with Crippen LogP contribution in [0.25, 0.3) is 0 Å². The van der Waals surface area contributed by atoms with E-state index in [1.165, 1.54) is 4.31 Å². The van der Waals surface area contributed by atoms with E-state index in [1.54, 1.807) is 6.92 Å². The molecular weight excluding hydrogens is 224 g/mol. The van der Waals surface area contributed by atoms with Gasteiger partial charge in [-0.15, -0.1) is 0 Å². The van der Waals surface area contributed by atoms with Crippen LogP contribution in [0.4, 0.5) is 0 Å². The van der Waals surface area contributed by atoms with Crippen molar-refractivity contribution in [3.8, 4) is 6.07 Å². The van der Waals surface area contributed by atoms with Crippen molar-refractivity contribution in [3.63, 3.8) is 0 Å². The first-order valence-electron chi connectivity index (χ1n) is 4.99. The molecule has 0 aliphatic carbocycles. The van der Waals surface area contributed by atoms with Gasteiger partial charge in [-0.3, -0.25) is 0 Å². The number of hydrogen-bond acceptors (Lipinski definition) is 3. The van der Waals surface area contributed by atoms with Crippen LogP contribution in [-0.4, -0.2) is 25.0 Å². The molecular formula is C11H14N2O2S. The lowest BCUT2D eigenvalue weighted by molar-refractivity contribution is 0.442. The van der Waals surface area contributed by atoms with Crippen molar-refractivity contribution < 1.29 is 8.42 Å². The average molecular weight is 238 g/mol. The SMILES string of the molecule is CCS(=O)(=O)N(CC#N)Cc1ccccc1. The molecule has 86 valence electrons. The van der Waals surface area contributed by atoms with Crippen molar-refractivity contribution in [2.45, 2.75) is 13.5 Å². The molecule has 0 radical (unpaired) electrons. The molecule has 0 heterocycles. The van der Waals surface area contributed by atoms with Crippen molar-refractivity contribution in [1.82, 2.24) is 4.31 Å². The molecule has 4 nitrogen and oxygen atoms in total. The fraction of sp³-hybridized carbons (Fsp3) is 0.364. The van der Waals surface area contributed by atoms with Gasteiger partial charge in [-0.25, -0.2) is 8.42 Å². The molecule has 0 spiro atoms. The van der Waals surface area contributed by atoms with E-state index in [0.717, 1.165) is 5.56 Å². The molecule has 1 rings (SSSR count). The predicted molar refractivity (Wildman–Crippen MR) is 61.9 cm³/mol. The fourth-order valence-corrected chi connectivity index (χ4v) is 2.27. The Hall–Kier alpha value is -1.38. The Morgan fingerprint density at radius 1 is 1.31 bits per heavy atom. The molecule has 0 atom stereocenters. The van der Waals surface area contributed by atoms with E-state index >= 15 is 0 Å². The van der Waals surface area contributed by atoms with Crippen LogP contribution >= 0.6 is 0 Å². The Kier molecular flexibility index (Phi) is 4.47. The Balaban J connectivity index is 2.86. The number of nitriles is 1. The van der Waals surface area contributed by atoms with Crippen molar-refractivity contribution in [2.24, 2.45) is 0 Å². The molecule has 0 unspecified atom stereocenters. The molecule has 0 saturated carbocycles. The van der Waals surface area contributed by atoms with Crippen molar-refractivity contribution in [3.05, 3.63) is 35.9 Å². The Morgan fingerprint density at radius 3 is 2.44 bits per heavy atom. The van der Waals surface area contributed by atoms with Crippen LogP contribution in [0.3, 0.4) is 0 Å². The third-order valence-electron chi connectivity index (χ3n) is 2.21. The largest absolute Gasteiger partial charge is 0.215 e. The van der Waals surface area contributed by atoms with Gasteiger partial charge < -0.3 is 0 Å². The standard InChI is InChI=1S/C11H14N2O2S/c1-2-16(14,15)13(9-8-12)10-11-6-4-3-5-7-11/h3-7H,2,9-10H2,1H3. The van der Waals surface area contributed by atoms with Gasteiger partial charge in [-0.1, -0.05) is 30.3 Å². The third kappa shape index (κ3) is 3.33. The number of hydrogen-bond donors (Lipinski definition) is 0. The first-order chi connectivity index (χ1) is 7.60. The molecule has 0 bridgehead atoms. The fourth-order valence-electron chi connectivity index (χ4n) is 1.30. The van der Waals surface area contributed by atoms with Gasteiger partial charge in [0, 0.05) is 6.54 Å². The van der Waals surface area contributed by atoms with Crippen LogP contribution in [0.2, 0.25) is 0 Å². The number of rotatable bonds is 5. The van der Waals surface area contributed by atoms with Gasteiger partial charge in [0.05, 0.1) is 11.8 Å². The van der Waals surface area contributed by atoms with Crippen molar-refractivity contribution in [2.75, 3.05) is 12.3 Å². The molecule has 0 aliphatic rings. The summed E-state index contributed by atoms with van der Waals surface area (Å²) in [5, 5.41) is 8.62. The molecule has 0 aromatic heterocycles. The highest BCUT2D eigenvalue weighted by Crippen LogP contribution is 2.09. The second kappa shape index (κ2) is 5.64. The highest BCUT2D eigenvalue weighted by Gasteiger charge is 2.19. The van der Waals surface area contributed by atoms with Crippen LogP contribution in [0, 0.1) is 11.3 Å². The van der Waals surface area contributed by atoms with Gasteiger partial charge in [0.15, 0.2) is 0 Å². The lowest BCUT2D eigenvalue weighted by atomic mass is 10.2. The van der Waals surface area contributed by atoms with Crippen LogP contribution < -0.4 is 0 Å². The minimum atomic E-state index is -3.31. The summed E-state index contributed by atoms with van der Waals surface area (Å²) in [6.45, 7) is 1.72. The van der Waals surface area contributed by atoms with Crippen LogP contribution in [0.15, 0.2) is 30.3 Å². The summed E-state index contributed by atoms with van der Waals surface area (Å²) in [5.74, 6) is 0.0154.